The number of imide groups is 2. The fourth-order valence-electron chi connectivity index (χ4n) is 2.69. The van der Waals surface area contributed by atoms with Crippen molar-refractivity contribution in [2.24, 2.45) is 0 Å². The maximum Gasteiger partial charge on any atom is 0.336 e. The maximum absolute atomic E-state index is 12.2. The minimum Gasteiger partial charge on any atom is -0.423 e. The van der Waals surface area contributed by atoms with Crippen LogP contribution in [0.4, 0.5) is 4.79 Å². The molecule has 0 spiro atoms. The Morgan fingerprint density at radius 1 is 0.933 bits per heavy atom. The molecule has 2 aromatic carbocycles. The topological polar surface area (TPSA) is 84.0 Å². The number of benzene rings is 2. The summed E-state index contributed by atoms with van der Waals surface area (Å²) >= 11 is 6.03. The molecular weight excluding hydrogens is 408 g/mol. The molecule has 1 aliphatic rings. The third-order valence-corrected chi connectivity index (χ3v) is 4.70. The minimum atomic E-state index is -0.686. The highest BCUT2D eigenvalue weighted by Gasteiger charge is 2.37. The molecule has 2 aromatic rings. The van der Waals surface area contributed by atoms with Gasteiger partial charge in [-0.05, 0) is 41.5 Å². The molecule has 7 nitrogen and oxygen atoms in total. The van der Waals surface area contributed by atoms with Crippen LogP contribution in [0.2, 0.25) is 5.02 Å². The summed E-state index contributed by atoms with van der Waals surface area (Å²) in [5.74, 6) is -1.65. The lowest BCUT2D eigenvalue weighted by atomic mass is 10.1. The van der Waals surface area contributed by atoms with Crippen molar-refractivity contribution < 1.29 is 23.9 Å². The molecule has 0 aliphatic carbocycles. The standard InChI is InChI=1S/C22H17ClN2O5/c1-24-20(27)17(21(28)25(2)22(24)29)13-14-7-10-16(11-8-14)30-19(26)12-9-15-5-3-4-6-18(15)23/h3-13H,1-2H3. The largest absolute Gasteiger partial charge is 0.423 e. The second kappa shape index (κ2) is 8.75. The van der Waals surface area contributed by atoms with E-state index in [2.05, 4.69) is 0 Å². The van der Waals surface area contributed by atoms with Crippen molar-refractivity contribution in [2.75, 3.05) is 14.1 Å². The number of esters is 1. The number of carbonyl (C=O) groups is 4. The first-order valence-corrected chi connectivity index (χ1v) is 9.22. The molecule has 0 N–H and O–H groups in total. The quantitative estimate of drug-likeness (QED) is 0.325. The van der Waals surface area contributed by atoms with Gasteiger partial charge in [-0.3, -0.25) is 19.4 Å². The van der Waals surface area contributed by atoms with Gasteiger partial charge in [0.05, 0.1) is 0 Å². The van der Waals surface area contributed by atoms with E-state index >= 15 is 0 Å². The van der Waals surface area contributed by atoms with Gasteiger partial charge < -0.3 is 4.74 Å². The molecule has 1 heterocycles. The molecule has 0 saturated carbocycles. The molecule has 0 bridgehead atoms. The van der Waals surface area contributed by atoms with Crippen LogP contribution in [-0.2, 0) is 14.4 Å². The van der Waals surface area contributed by atoms with E-state index in [9.17, 15) is 19.2 Å². The number of amides is 4. The fourth-order valence-corrected chi connectivity index (χ4v) is 2.89. The van der Waals surface area contributed by atoms with Gasteiger partial charge in [0.15, 0.2) is 0 Å². The number of rotatable bonds is 4. The summed E-state index contributed by atoms with van der Waals surface area (Å²) in [5, 5.41) is 0.517. The van der Waals surface area contributed by atoms with Gasteiger partial charge in [0.25, 0.3) is 11.8 Å². The van der Waals surface area contributed by atoms with E-state index in [0.717, 1.165) is 9.80 Å². The molecule has 1 aliphatic heterocycles. The average Bonchev–Trinajstić information content (AvgIpc) is 2.74. The summed E-state index contributed by atoms with van der Waals surface area (Å²) in [6.07, 6.45) is 4.20. The lowest BCUT2D eigenvalue weighted by Gasteiger charge is -2.28. The van der Waals surface area contributed by atoms with Gasteiger partial charge in [0.1, 0.15) is 11.3 Å². The number of urea groups is 1. The highest BCUT2D eigenvalue weighted by molar-refractivity contribution is 6.32. The van der Waals surface area contributed by atoms with Crippen LogP contribution in [0.5, 0.6) is 5.75 Å². The van der Waals surface area contributed by atoms with E-state index in [0.29, 0.717) is 16.1 Å². The Morgan fingerprint density at radius 3 is 2.13 bits per heavy atom. The van der Waals surface area contributed by atoms with Gasteiger partial charge in [-0.15, -0.1) is 0 Å². The zero-order valence-electron chi connectivity index (χ0n) is 16.2. The molecule has 152 valence electrons. The molecule has 8 heteroatoms. The SMILES string of the molecule is CN1C(=O)C(=Cc2ccc(OC(=O)C=Cc3ccccc3Cl)cc2)C(=O)N(C)C1=O. The van der Waals surface area contributed by atoms with E-state index < -0.39 is 23.8 Å². The fraction of sp³-hybridized carbons (Fsp3) is 0.0909. The number of hydrogen-bond acceptors (Lipinski definition) is 5. The average molecular weight is 425 g/mol. The molecule has 0 atom stereocenters. The van der Waals surface area contributed by atoms with Gasteiger partial charge in [0.2, 0.25) is 0 Å². The first-order chi connectivity index (χ1) is 14.3. The first kappa shape index (κ1) is 21.0. The number of ether oxygens (including phenoxy) is 1. The van der Waals surface area contributed by atoms with E-state index in [-0.39, 0.29) is 11.3 Å². The van der Waals surface area contributed by atoms with E-state index in [1.54, 1.807) is 42.5 Å². The predicted molar refractivity (Wildman–Crippen MR) is 111 cm³/mol. The Bertz CT molecular complexity index is 1060. The predicted octanol–water partition coefficient (Wildman–Crippen LogP) is 3.39. The summed E-state index contributed by atoms with van der Waals surface area (Å²) < 4.78 is 5.23. The van der Waals surface area contributed by atoms with Gasteiger partial charge in [-0.1, -0.05) is 41.9 Å². The van der Waals surface area contributed by atoms with Gasteiger partial charge in [0, 0.05) is 25.2 Å². The molecule has 0 aromatic heterocycles. The van der Waals surface area contributed by atoms with Crippen molar-refractivity contribution in [3.63, 3.8) is 0 Å². The van der Waals surface area contributed by atoms with Crippen molar-refractivity contribution in [1.82, 2.24) is 9.80 Å². The van der Waals surface area contributed by atoms with Gasteiger partial charge >= 0.3 is 12.0 Å². The van der Waals surface area contributed by atoms with Crippen LogP contribution in [0.3, 0.4) is 0 Å². The monoisotopic (exact) mass is 424 g/mol. The van der Waals surface area contributed by atoms with Crippen LogP contribution < -0.4 is 4.74 Å². The summed E-state index contributed by atoms with van der Waals surface area (Å²) in [6, 6.07) is 12.6. The molecule has 1 saturated heterocycles. The molecule has 1 fully saturated rings. The molecule has 4 amide bonds. The van der Waals surface area contributed by atoms with Crippen molar-refractivity contribution in [2.45, 2.75) is 0 Å². The molecule has 3 rings (SSSR count). The van der Waals surface area contributed by atoms with E-state index in [4.69, 9.17) is 16.3 Å². The smallest absolute Gasteiger partial charge is 0.336 e. The van der Waals surface area contributed by atoms with Crippen molar-refractivity contribution >= 4 is 47.6 Å². The second-order valence-electron chi connectivity index (χ2n) is 6.41. The van der Waals surface area contributed by atoms with Crippen LogP contribution >= 0.6 is 11.6 Å². The summed E-state index contributed by atoms with van der Waals surface area (Å²) in [7, 11) is 2.61. The number of carbonyl (C=O) groups excluding carboxylic acids is 4. The highest BCUT2D eigenvalue weighted by atomic mass is 35.5. The Morgan fingerprint density at radius 2 is 1.53 bits per heavy atom. The number of barbiturate groups is 1. The molecule has 30 heavy (non-hydrogen) atoms. The normalized spacial score (nSPS) is 14.5. The second-order valence-corrected chi connectivity index (χ2v) is 6.82. The zero-order valence-corrected chi connectivity index (χ0v) is 16.9. The zero-order chi connectivity index (χ0) is 21.8. The Labute approximate surface area is 177 Å². The molecule has 0 radical (unpaired) electrons. The minimum absolute atomic E-state index is 0.132. The van der Waals surface area contributed by atoms with Crippen LogP contribution in [-0.4, -0.2) is 47.7 Å². The lowest BCUT2D eigenvalue weighted by Crippen LogP contribution is -2.52. The Balaban J connectivity index is 1.70. The first-order valence-electron chi connectivity index (χ1n) is 8.84. The van der Waals surface area contributed by atoms with Crippen molar-refractivity contribution in [3.05, 3.63) is 76.3 Å². The number of likely N-dealkylation sites (N-methyl/N-ethyl adjacent to an activating group) is 2. The number of hydrogen-bond donors (Lipinski definition) is 0. The highest BCUT2D eigenvalue weighted by Crippen LogP contribution is 2.20. The van der Waals surface area contributed by atoms with Crippen LogP contribution in [0, 0.1) is 0 Å². The van der Waals surface area contributed by atoms with Crippen LogP contribution in [0.25, 0.3) is 12.2 Å². The summed E-state index contributed by atoms with van der Waals surface area (Å²) in [5.41, 5.74) is 1.09. The van der Waals surface area contributed by atoms with Crippen molar-refractivity contribution in [3.8, 4) is 5.75 Å². The third-order valence-electron chi connectivity index (χ3n) is 4.36. The molecule has 0 unspecified atom stereocenters. The molecular formula is C22H17ClN2O5. The van der Waals surface area contributed by atoms with Crippen LogP contribution in [0.15, 0.2) is 60.2 Å². The number of halogens is 1. The summed E-state index contributed by atoms with van der Waals surface area (Å²) in [4.78, 5) is 50.0. The lowest BCUT2D eigenvalue weighted by molar-refractivity contribution is -0.134. The third kappa shape index (κ3) is 4.47. The van der Waals surface area contributed by atoms with Crippen LogP contribution in [0.1, 0.15) is 11.1 Å². The summed E-state index contributed by atoms with van der Waals surface area (Å²) in [6.45, 7) is 0. The van der Waals surface area contributed by atoms with E-state index in [1.165, 1.54) is 38.4 Å². The van der Waals surface area contributed by atoms with E-state index in [1.807, 2.05) is 0 Å². The van der Waals surface area contributed by atoms with Crippen molar-refractivity contribution in [1.29, 1.82) is 0 Å². The number of nitrogens with zero attached hydrogens (tertiary/aromatic N) is 2. The van der Waals surface area contributed by atoms with Gasteiger partial charge in [-0.25, -0.2) is 9.59 Å². The Kier molecular flexibility index (Phi) is 6.13. The Hall–Kier alpha value is -3.71. The maximum atomic E-state index is 12.2. The van der Waals surface area contributed by atoms with Gasteiger partial charge in [-0.2, -0.15) is 0 Å².